The molecule has 4 aromatic carbocycles. The lowest BCUT2D eigenvalue weighted by atomic mass is 10.0. The lowest BCUT2D eigenvalue weighted by Crippen LogP contribution is -2.54. The van der Waals surface area contributed by atoms with E-state index in [-0.39, 0.29) is 23.4 Å². The van der Waals surface area contributed by atoms with Crippen molar-refractivity contribution in [2.24, 2.45) is 0 Å². The second-order valence-electron chi connectivity index (χ2n) is 11.4. The lowest BCUT2D eigenvalue weighted by Gasteiger charge is -2.34. The topological polar surface area (TPSA) is 86.8 Å². The zero-order valence-electron chi connectivity index (χ0n) is 25.0. The van der Waals surface area contributed by atoms with Crippen molar-refractivity contribution >= 4 is 27.5 Å². The first-order chi connectivity index (χ1) is 21.3. The molecule has 8 heteroatoms. The summed E-state index contributed by atoms with van der Waals surface area (Å²) < 4.78 is 29.3. The summed E-state index contributed by atoms with van der Waals surface area (Å²) in [6, 6.07) is 33.6. The third kappa shape index (κ3) is 7.74. The Balaban J connectivity index is 1.55. The molecule has 44 heavy (non-hydrogen) atoms. The average Bonchev–Trinajstić information content (AvgIpc) is 3.56. The minimum absolute atomic E-state index is 0.0664. The highest BCUT2D eigenvalue weighted by Crippen LogP contribution is 2.26. The van der Waals surface area contributed by atoms with Gasteiger partial charge in [-0.05, 0) is 60.7 Å². The summed E-state index contributed by atoms with van der Waals surface area (Å²) in [4.78, 5) is 30.2. The number of benzene rings is 4. The van der Waals surface area contributed by atoms with Gasteiger partial charge in [-0.15, -0.1) is 0 Å². The fraction of sp³-hybridized carbons (Fsp3) is 0.278. The number of nitrogens with zero attached hydrogens (tertiary/aromatic N) is 2. The van der Waals surface area contributed by atoms with E-state index in [4.69, 9.17) is 0 Å². The highest BCUT2D eigenvalue weighted by Gasteiger charge is 2.35. The van der Waals surface area contributed by atoms with E-state index >= 15 is 0 Å². The van der Waals surface area contributed by atoms with Crippen molar-refractivity contribution in [3.8, 4) is 0 Å². The standard InChI is InChI=1S/C36H39N3O4S/c1-28-14-13-21-32(24-28)39(44(42,43)33-22-9-4-10-23-33)27-35(40)38(26-30-17-7-3-8-18-30)34(25-29-15-5-2-6-16-29)36(41)37-31-19-11-12-20-31/h2-10,13-18,21-24,31,34H,11-12,19-20,25-27H2,1H3,(H,37,41)/t34-/m0/s1. The number of rotatable bonds is 12. The van der Waals surface area contributed by atoms with Crippen molar-refractivity contribution in [2.75, 3.05) is 10.8 Å². The number of amides is 2. The summed E-state index contributed by atoms with van der Waals surface area (Å²) in [6.45, 7) is 1.57. The van der Waals surface area contributed by atoms with Gasteiger partial charge in [-0.3, -0.25) is 13.9 Å². The molecule has 0 unspecified atom stereocenters. The Morgan fingerprint density at radius 3 is 2.00 bits per heavy atom. The van der Waals surface area contributed by atoms with Gasteiger partial charge in [-0.25, -0.2) is 8.42 Å². The predicted molar refractivity (Wildman–Crippen MR) is 173 cm³/mol. The molecule has 0 radical (unpaired) electrons. The predicted octanol–water partition coefficient (Wildman–Crippen LogP) is 5.89. The first kappa shape index (κ1) is 31.0. The number of carbonyl (C=O) groups is 2. The van der Waals surface area contributed by atoms with Gasteiger partial charge in [0.1, 0.15) is 12.6 Å². The number of hydrogen-bond donors (Lipinski definition) is 1. The zero-order chi connectivity index (χ0) is 30.9. The van der Waals surface area contributed by atoms with Crippen LogP contribution < -0.4 is 9.62 Å². The third-order valence-electron chi connectivity index (χ3n) is 8.07. The summed E-state index contributed by atoms with van der Waals surface area (Å²) in [5, 5.41) is 3.20. The summed E-state index contributed by atoms with van der Waals surface area (Å²) in [7, 11) is -4.11. The van der Waals surface area contributed by atoms with Crippen LogP contribution in [0.3, 0.4) is 0 Å². The second kappa shape index (κ2) is 14.4. The largest absolute Gasteiger partial charge is 0.352 e. The van der Waals surface area contributed by atoms with Crippen LogP contribution in [-0.2, 0) is 32.6 Å². The Morgan fingerprint density at radius 2 is 1.39 bits per heavy atom. The molecule has 1 aliphatic carbocycles. The molecular weight excluding hydrogens is 570 g/mol. The Kier molecular flexibility index (Phi) is 10.1. The normalized spacial score (nSPS) is 14.1. The summed E-state index contributed by atoms with van der Waals surface area (Å²) in [5.41, 5.74) is 3.01. The van der Waals surface area contributed by atoms with E-state index in [1.54, 1.807) is 41.3 Å². The van der Waals surface area contributed by atoms with Crippen LogP contribution in [0.25, 0.3) is 0 Å². The monoisotopic (exact) mass is 609 g/mol. The molecule has 0 saturated heterocycles. The van der Waals surface area contributed by atoms with Crippen LogP contribution in [0.4, 0.5) is 5.69 Å². The number of hydrogen-bond acceptors (Lipinski definition) is 4. The van der Waals surface area contributed by atoms with E-state index in [1.807, 2.05) is 73.7 Å². The maximum absolute atomic E-state index is 14.5. The van der Waals surface area contributed by atoms with Gasteiger partial charge in [0.25, 0.3) is 10.0 Å². The number of sulfonamides is 1. The molecule has 1 N–H and O–H groups in total. The Labute approximate surface area is 260 Å². The first-order valence-electron chi connectivity index (χ1n) is 15.1. The van der Waals surface area contributed by atoms with Crippen LogP contribution in [0.1, 0.15) is 42.4 Å². The van der Waals surface area contributed by atoms with E-state index in [0.717, 1.165) is 46.7 Å². The van der Waals surface area contributed by atoms with Crippen LogP contribution in [-0.4, -0.2) is 43.8 Å². The summed E-state index contributed by atoms with van der Waals surface area (Å²) in [6.07, 6.45) is 4.24. The zero-order valence-corrected chi connectivity index (χ0v) is 25.8. The van der Waals surface area contributed by atoms with Crippen molar-refractivity contribution < 1.29 is 18.0 Å². The van der Waals surface area contributed by atoms with Crippen LogP contribution in [0, 0.1) is 6.92 Å². The van der Waals surface area contributed by atoms with Gasteiger partial charge < -0.3 is 10.2 Å². The molecule has 0 spiro atoms. The van der Waals surface area contributed by atoms with E-state index in [0.29, 0.717) is 12.1 Å². The van der Waals surface area contributed by atoms with Gasteiger partial charge in [0.05, 0.1) is 10.6 Å². The highest BCUT2D eigenvalue weighted by molar-refractivity contribution is 7.92. The van der Waals surface area contributed by atoms with Crippen molar-refractivity contribution in [3.63, 3.8) is 0 Å². The molecule has 1 aliphatic rings. The molecule has 1 fully saturated rings. The molecule has 0 bridgehead atoms. The van der Waals surface area contributed by atoms with Crippen LogP contribution in [0.5, 0.6) is 0 Å². The molecule has 1 saturated carbocycles. The quantitative estimate of drug-likeness (QED) is 0.217. The molecule has 0 aromatic heterocycles. The molecular formula is C36H39N3O4S. The molecule has 0 heterocycles. The van der Waals surface area contributed by atoms with Crippen LogP contribution in [0.15, 0.2) is 120 Å². The fourth-order valence-corrected chi connectivity index (χ4v) is 7.16. The maximum Gasteiger partial charge on any atom is 0.264 e. The molecule has 5 rings (SSSR count). The van der Waals surface area contributed by atoms with E-state index in [9.17, 15) is 18.0 Å². The lowest BCUT2D eigenvalue weighted by molar-refractivity contribution is -0.140. The molecule has 228 valence electrons. The first-order valence-corrected chi connectivity index (χ1v) is 16.6. The third-order valence-corrected chi connectivity index (χ3v) is 9.86. The molecule has 2 amide bonds. The Bertz CT molecular complexity index is 1640. The number of carbonyl (C=O) groups excluding carboxylic acids is 2. The smallest absolute Gasteiger partial charge is 0.264 e. The van der Waals surface area contributed by atoms with E-state index in [1.165, 1.54) is 12.1 Å². The SMILES string of the molecule is Cc1cccc(N(CC(=O)N(Cc2ccccc2)[C@@H](Cc2ccccc2)C(=O)NC2CCCC2)S(=O)(=O)c2ccccc2)c1. The Hall–Kier alpha value is -4.43. The van der Waals surface area contributed by atoms with Crippen molar-refractivity contribution in [2.45, 2.75) is 62.6 Å². The van der Waals surface area contributed by atoms with E-state index < -0.39 is 28.5 Å². The number of aryl methyl sites for hydroxylation is 1. The Morgan fingerprint density at radius 1 is 0.795 bits per heavy atom. The molecule has 4 aromatic rings. The van der Waals surface area contributed by atoms with Crippen molar-refractivity contribution in [1.29, 1.82) is 0 Å². The minimum Gasteiger partial charge on any atom is -0.352 e. The van der Waals surface area contributed by atoms with Gasteiger partial charge in [-0.1, -0.05) is 104 Å². The number of nitrogens with one attached hydrogen (secondary N) is 1. The molecule has 1 atom stereocenters. The average molecular weight is 610 g/mol. The van der Waals surface area contributed by atoms with Crippen molar-refractivity contribution in [3.05, 3.63) is 132 Å². The van der Waals surface area contributed by atoms with Crippen LogP contribution >= 0.6 is 0 Å². The fourth-order valence-electron chi connectivity index (χ4n) is 5.73. The van der Waals surface area contributed by atoms with Gasteiger partial charge in [-0.2, -0.15) is 0 Å². The maximum atomic E-state index is 14.5. The van der Waals surface area contributed by atoms with Gasteiger partial charge in [0, 0.05) is 19.0 Å². The van der Waals surface area contributed by atoms with Gasteiger partial charge in [0.2, 0.25) is 11.8 Å². The summed E-state index contributed by atoms with van der Waals surface area (Å²) >= 11 is 0. The molecule has 0 aliphatic heterocycles. The minimum atomic E-state index is -4.11. The van der Waals surface area contributed by atoms with E-state index in [2.05, 4.69) is 5.32 Å². The van der Waals surface area contributed by atoms with Crippen LogP contribution in [0.2, 0.25) is 0 Å². The highest BCUT2D eigenvalue weighted by atomic mass is 32.2. The molecule has 7 nitrogen and oxygen atoms in total. The van der Waals surface area contributed by atoms with Gasteiger partial charge >= 0.3 is 0 Å². The van der Waals surface area contributed by atoms with Gasteiger partial charge in [0.15, 0.2) is 0 Å². The second-order valence-corrected chi connectivity index (χ2v) is 13.2. The number of anilines is 1. The summed E-state index contributed by atoms with van der Waals surface area (Å²) in [5.74, 6) is -0.685. The van der Waals surface area contributed by atoms with Crippen molar-refractivity contribution in [1.82, 2.24) is 10.2 Å².